The molecule has 0 aliphatic carbocycles. The third-order valence-corrected chi connectivity index (χ3v) is 5.93. The van der Waals surface area contributed by atoms with Crippen molar-refractivity contribution in [2.75, 3.05) is 65.4 Å². The first-order chi connectivity index (χ1) is 15.9. The summed E-state index contributed by atoms with van der Waals surface area (Å²) in [5.74, 6) is 0. The lowest BCUT2D eigenvalue weighted by Crippen LogP contribution is -2.28. The maximum absolute atomic E-state index is 3.56. The van der Waals surface area contributed by atoms with E-state index in [-0.39, 0.29) is 0 Å². The summed E-state index contributed by atoms with van der Waals surface area (Å²) in [4.78, 5) is 4.91. The Balaban J connectivity index is 1.57. The van der Waals surface area contributed by atoms with Crippen molar-refractivity contribution in [1.29, 1.82) is 0 Å². The lowest BCUT2D eigenvalue weighted by Gasteiger charge is -2.23. The fourth-order valence-corrected chi connectivity index (χ4v) is 4.22. The first-order valence-corrected chi connectivity index (χ1v) is 12.6. The minimum atomic E-state index is 0.946. The molecule has 0 saturated carbocycles. The van der Waals surface area contributed by atoms with Gasteiger partial charge in [0.25, 0.3) is 0 Å². The highest BCUT2D eigenvalue weighted by molar-refractivity contribution is 5.24. The Morgan fingerprint density at radius 2 is 1.06 bits per heavy atom. The maximum atomic E-state index is 3.56. The Labute approximate surface area is 195 Å². The van der Waals surface area contributed by atoms with Gasteiger partial charge in [0.2, 0.25) is 0 Å². The number of benzene rings is 1. The topological polar surface area (TPSA) is 54.6 Å². The second kappa shape index (κ2) is 15.9. The molecule has 1 aromatic rings. The zero-order valence-electron chi connectivity index (χ0n) is 19.8. The van der Waals surface area contributed by atoms with Crippen LogP contribution in [0.15, 0.2) is 48.8 Å². The normalized spacial score (nSPS) is 22.6. The van der Waals surface area contributed by atoms with E-state index in [1.54, 1.807) is 0 Å². The summed E-state index contributed by atoms with van der Waals surface area (Å²) < 4.78 is 0. The van der Waals surface area contributed by atoms with E-state index >= 15 is 0 Å². The first-order valence-electron chi connectivity index (χ1n) is 12.6. The van der Waals surface area contributed by atoms with E-state index < -0.39 is 0 Å². The van der Waals surface area contributed by atoms with Crippen molar-refractivity contribution in [2.45, 2.75) is 38.8 Å². The average Bonchev–Trinajstić information content (AvgIpc) is 2.78. The van der Waals surface area contributed by atoms with Gasteiger partial charge in [0.15, 0.2) is 0 Å². The zero-order valence-corrected chi connectivity index (χ0v) is 19.8. The smallest absolute Gasteiger partial charge is 0.0423 e. The highest BCUT2D eigenvalue weighted by Crippen LogP contribution is 2.12. The van der Waals surface area contributed by atoms with Gasteiger partial charge in [0, 0.05) is 39.3 Å². The molecule has 6 nitrogen and oxygen atoms in total. The van der Waals surface area contributed by atoms with Crippen LogP contribution in [0.2, 0.25) is 0 Å². The van der Waals surface area contributed by atoms with Crippen molar-refractivity contribution in [2.24, 2.45) is 0 Å². The third kappa shape index (κ3) is 10.6. The Kier molecular flexibility index (Phi) is 12.3. The van der Waals surface area contributed by atoms with Crippen molar-refractivity contribution in [1.82, 2.24) is 31.1 Å². The largest absolute Gasteiger partial charge is 0.373 e. The molecular formula is C26H44N6. The van der Waals surface area contributed by atoms with Crippen molar-refractivity contribution in [3.63, 3.8) is 0 Å². The molecule has 1 aromatic carbocycles. The average molecular weight is 441 g/mol. The van der Waals surface area contributed by atoms with Gasteiger partial charge in [-0.2, -0.15) is 0 Å². The summed E-state index contributed by atoms with van der Waals surface area (Å²) in [6.07, 6.45) is 13.8. The van der Waals surface area contributed by atoms with Crippen LogP contribution in [0.25, 0.3) is 0 Å². The van der Waals surface area contributed by atoms with E-state index in [0.29, 0.717) is 0 Å². The Morgan fingerprint density at radius 1 is 0.594 bits per heavy atom. The van der Waals surface area contributed by atoms with Crippen LogP contribution in [0.4, 0.5) is 0 Å². The van der Waals surface area contributed by atoms with Crippen LogP contribution in [-0.2, 0) is 13.1 Å². The van der Waals surface area contributed by atoms with E-state index in [4.69, 9.17) is 0 Å². The van der Waals surface area contributed by atoms with Crippen LogP contribution in [0.5, 0.6) is 0 Å². The molecule has 2 heterocycles. The molecular weight excluding hydrogens is 396 g/mol. The summed E-state index contributed by atoms with van der Waals surface area (Å²) in [5, 5.41) is 14.1. The van der Waals surface area contributed by atoms with Crippen LogP contribution in [-0.4, -0.2) is 75.2 Å². The first kappa shape index (κ1) is 24.8. The Bertz CT molecular complexity index is 621. The predicted octanol–water partition coefficient (Wildman–Crippen LogP) is 2.26. The predicted molar refractivity (Wildman–Crippen MR) is 135 cm³/mol. The van der Waals surface area contributed by atoms with Crippen molar-refractivity contribution in [3.05, 3.63) is 59.9 Å². The van der Waals surface area contributed by atoms with Crippen molar-refractivity contribution in [3.8, 4) is 0 Å². The SMILES string of the molecule is C1=C\N(Cc2cccc(CN3/C=C\CNCCCNCCC3)c2)CCCNCCCNC/1. The molecule has 0 amide bonds. The number of nitrogens with one attached hydrogen (secondary N) is 4. The lowest BCUT2D eigenvalue weighted by molar-refractivity contribution is 0.351. The van der Waals surface area contributed by atoms with Gasteiger partial charge < -0.3 is 31.1 Å². The molecule has 4 N–H and O–H groups in total. The van der Waals surface area contributed by atoms with E-state index in [1.165, 1.54) is 36.8 Å². The molecule has 0 spiro atoms. The van der Waals surface area contributed by atoms with Gasteiger partial charge in [0.05, 0.1) is 0 Å². The molecule has 2 aliphatic heterocycles. The Morgan fingerprint density at radius 3 is 1.59 bits per heavy atom. The van der Waals surface area contributed by atoms with Gasteiger partial charge in [-0.15, -0.1) is 0 Å². The molecule has 178 valence electrons. The molecule has 2 aliphatic rings. The molecule has 0 unspecified atom stereocenters. The quantitative estimate of drug-likeness (QED) is 0.576. The Hall–Kier alpha value is -1.86. The zero-order chi connectivity index (χ0) is 22.1. The monoisotopic (exact) mass is 440 g/mol. The van der Waals surface area contributed by atoms with Crippen molar-refractivity contribution < 1.29 is 0 Å². The minimum Gasteiger partial charge on any atom is -0.373 e. The fourth-order valence-electron chi connectivity index (χ4n) is 4.22. The molecule has 0 saturated heterocycles. The highest BCUT2D eigenvalue weighted by atomic mass is 15.1. The second-order valence-electron chi connectivity index (χ2n) is 8.85. The van der Waals surface area contributed by atoms with E-state index in [0.717, 1.165) is 78.5 Å². The van der Waals surface area contributed by atoms with Gasteiger partial charge in [-0.1, -0.05) is 36.4 Å². The minimum absolute atomic E-state index is 0.946. The van der Waals surface area contributed by atoms with Gasteiger partial charge >= 0.3 is 0 Å². The molecule has 6 heteroatoms. The molecule has 0 fully saturated rings. The molecule has 0 atom stereocenters. The summed E-state index contributed by atoms with van der Waals surface area (Å²) in [5.41, 5.74) is 2.78. The molecule has 0 bridgehead atoms. The van der Waals surface area contributed by atoms with Crippen LogP contribution in [0.3, 0.4) is 0 Å². The summed E-state index contributed by atoms with van der Waals surface area (Å²) in [6, 6.07) is 9.15. The third-order valence-electron chi connectivity index (χ3n) is 5.93. The summed E-state index contributed by atoms with van der Waals surface area (Å²) in [6.45, 7) is 12.6. The molecule has 0 aromatic heterocycles. The van der Waals surface area contributed by atoms with E-state index in [9.17, 15) is 0 Å². The van der Waals surface area contributed by atoms with E-state index in [2.05, 4.69) is 79.9 Å². The van der Waals surface area contributed by atoms with Crippen LogP contribution in [0, 0.1) is 0 Å². The maximum Gasteiger partial charge on any atom is 0.0423 e. The standard InChI is InChI=1S/C26H44N6/c1-8-25(23-31-18-4-14-27-10-2-11-28-15-5-19-31)22-26(9-1)24-32-20-6-16-29-12-3-13-30-17-7-21-32/h1,4,6,8-9,18,20,22,27-30H,2-3,5,7,10-17,19,21,23-24H2/b18-4-,20-6-. The number of hydrogen-bond donors (Lipinski definition) is 4. The van der Waals surface area contributed by atoms with Crippen LogP contribution >= 0.6 is 0 Å². The number of rotatable bonds is 4. The van der Waals surface area contributed by atoms with Crippen LogP contribution in [0.1, 0.15) is 36.8 Å². The number of nitrogens with zero attached hydrogens (tertiary/aromatic N) is 2. The molecule has 0 radical (unpaired) electrons. The van der Waals surface area contributed by atoms with Gasteiger partial charge in [-0.3, -0.25) is 0 Å². The van der Waals surface area contributed by atoms with Gasteiger partial charge in [0.1, 0.15) is 0 Å². The highest BCUT2D eigenvalue weighted by Gasteiger charge is 2.06. The van der Waals surface area contributed by atoms with Gasteiger partial charge in [-0.05, 0) is 88.5 Å². The molecule has 32 heavy (non-hydrogen) atoms. The fraction of sp³-hybridized carbons (Fsp3) is 0.615. The van der Waals surface area contributed by atoms with Gasteiger partial charge in [-0.25, -0.2) is 0 Å². The lowest BCUT2D eigenvalue weighted by atomic mass is 10.1. The second-order valence-corrected chi connectivity index (χ2v) is 8.85. The summed E-state index contributed by atoms with van der Waals surface area (Å²) in [7, 11) is 0. The van der Waals surface area contributed by atoms with E-state index in [1.807, 2.05) is 0 Å². The van der Waals surface area contributed by atoms with Crippen molar-refractivity contribution >= 4 is 0 Å². The molecule has 3 rings (SSSR count). The number of hydrogen-bond acceptors (Lipinski definition) is 6. The van der Waals surface area contributed by atoms with Crippen LogP contribution < -0.4 is 21.3 Å². The summed E-state index contributed by atoms with van der Waals surface area (Å²) >= 11 is 0.